The van der Waals surface area contributed by atoms with Crippen LogP contribution in [-0.4, -0.2) is 22.5 Å². The van der Waals surface area contributed by atoms with Crippen molar-refractivity contribution in [3.05, 3.63) is 77.4 Å². The smallest absolute Gasteiger partial charge is 0.262 e. The third-order valence-corrected chi connectivity index (χ3v) is 4.80. The molecule has 29 heavy (non-hydrogen) atoms. The molecule has 3 aromatic carbocycles. The summed E-state index contributed by atoms with van der Waals surface area (Å²) < 4.78 is 5.81. The molecule has 146 valence electrons. The monoisotopic (exact) mass is 385 g/mol. The second-order valence-corrected chi connectivity index (χ2v) is 7.21. The Morgan fingerprint density at radius 3 is 2.45 bits per heavy atom. The summed E-state index contributed by atoms with van der Waals surface area (Å²) in [6.45, 7) is 5.97. The van der Waals surface area contributed by atoms with Crippen LogP contribution in [0, 0.1) is 20.8 Å². The Bertz CT molecular complexity index is 1140. The second-order valence-electron chi connectivity index (χ2n) is 7.21. The molecule has 5 nitrogen and oxygen atoms in total. The third-order valence-electron chi connectivity index (χ3n) is 4.80. The van der Waals surface area contributed by atoms with Crippen molar-refractivity contribution in [3.63, 3.8) is 0 Å². The maximum absolute atomic E-state index is 12.6. The number of hydrogen-bond donors (Lipinski definition) is 2. The normalized spacial score (nSPS) is 10.9. The molecule has 0 saturated heterocycles. The number of carbonyl (C=O) groups excluding carboxylic acids is 1. The summed E-state index contributed by atoms with van der Waals surface area (Å²) >= 11 is 0. The first-order valence-corrected chi connectivity index (χ1v) is 9.56. The van der Waals surface area contributed by atoms with E-state index in [1.165, 1.54) is 5.56 Å². The van der Waals surface area contributed by atoms with Crippen molar-refractivity contribution in [2.75, 3.05) is 11.9 Å². The Balaban J connectivity index is 1.52. The maximum Gasteiger partial charge on any atom is 0.262 e. The average Bonchev–Trinajstić information content (AvgIpc) is 3.11. The number of hydrogen-bond acceptors (Lipinski definition) is 3. The first-order chi connectivity index (χ1) is 14.0. The summed E-state index contributed by atoms with van der Waals surface area (Å²) in [6.07, 6.45) is 0. The van der Waals surface area contributed by atoms with E-state index in [9.17, 15) is 4.79 Å². The summed E-state index contributed by atoms with van der Waals surface area (Å²) in [5.41, 5.74) is 6.60. The van der Waals surface area contributed by atoms with Crippen LogP contribution in [0.1, 0.15) is 16.7 Å². The number of fused-ring (bicyclic) bond motifs is 1. The Morgan fingerprint density at radius 2 is 1.69 bits per heavy atom. The number of imidazole rings is 1. The van der Waals surface area contributed by atoms with E-state index in [0.717, 1.165) is 33.5 Å². The largest absolute Gasteiger partial charge is 0.483 e. The molecule has 4 aromatic rings. The van der Waals surface area contributed by atoms with Gasteiger partial charge < -0.3 is 15.0 Å². The van der Waals surface area contributed by atoms with E-state index in [2.05, 4.69) is 27.4 Å². The Labute approximate surface area is 169 Å². The van der Waals surface area contributed by atoms with Crippen molar-refractivity contribution in [2.45, 2.75) is 20.8 Å². The number of para-hydroxylation sites is 3. The van der Waals surface area contributed by atoms with Crippen LogP contribution in [-0.2, 0) is 4.79 Å². The van der Waals surface area contributed by atoms with Crippen LogP contribution in [0.15, 0.2) is 60.7 Å². The fourth-order valence-electron chi connectivity index (χ4n) is 3.60. The Hall–Kier alpha value is -3.60. The summed E-state index contributed by atoms with van der Waals surface area (Å²) in [7, 11) is 0. The minimum Gasteiger partial charge on any atom is -0.483 e. The van der Waals surface area contributed by atoms with E-state index in [1.54, 1.807) is 0 Å². The molecule has 0 aliphatic carbocycles. The van der Waals surface area contributed by atoms with Gasteiger partial charge in [0.1, 0.15) is 11.6 Å². The van der Waals surface area contributed by atoms with E-state index in [0.29, 0.717) is 11.5 Å². The van der Waals surface area contributed by atoms with Gasteiger partial charge in [0.05, 0.1) is 16.7 Å². The predicted molar refractivity (Wildman–Crippen MR) is 116 cm³/mol. The van der Waals surface area contributed by atoms with Gasteiger partial charge in [0.15, 0.2) is 6.61 Å². The molecule has 0 atom stereocenters. The van der Waals surface area contributed by atoms with E-state index in [4.69, 9.17) is 4.74 Å². The summed E-state index contributed by atoms with van der Waals surface area (Å²) in [6, 6.07) is 19.6. The standard InChI is InChI=1S/C24H23N3O2/c1-15-12-16(2)23(17(3)13-15)29-14-22(28)25-19-9-5-4-8-18(19)24-26-20-10-6-7-11-21(20)27-24/h4-13H,14H2,1-3H3,(H,25,28)(H,26,27). The van der Waals surface area contributed by atoms with E-state index < -0.39 is 0 Å². The molecule has 0 saturated carbocycles. The number of aryl methyl sites for hydroxylation is 3. The van der Waals surface area contributed by atoms with Crippen LogP contribution in [0.2, 0.25) is 0 Å². The minimum atomic E-state index is -0.215. The van der Waals surface area contributed by atoms with Crippen molar-refractivity contribution in [3.8, 4) is 17.1 Å². The molecule has 0 unspecified atom stereocenters. The van der Waals surface area contributed by atoms with E-state index in [-0.39, 0.29) is 12.5 Å². The summed E-state index contributed by atoms with van der Waals surface area (Å²) in [5, 5.41) is 2.95. The molecule has 5 heteroatoms. The first-order valence-electron chi connectivity index (χ1n) is 9.56. The van der Waals surface area contributed by atoms with Crippen LogP contribution < -0.4 is 10.1 Å². The number of anilines is 1. The molecule has 0 bridgehead atoms. The number of nitrogens with one attached hydrogen (secondary N) is 2. The molecule has 4 rings (SSSR count). The lowest BCUT2D eigenvalue weighted by atomic mass is 10.1. The van der Waals surface area contributed by atoms with Gasteiger partial charge in [-0.2, -0.15) is 0 Å². The van der Waals surface area contributed by atoms with Gasteiger partial charge in [-0.3, -0.25) is 4.79 Å². The van der Waals surface area contributed by atoms with E-state index >= 15 is 0 Å². The molecule has 1 aromatic heterocycles. The fraction of sp³-hybridized carbons (Fsp3) is 0.167. The molecule has 0 aliphatic heterocycles. The Kier molecular flexibility index (Phi) is 5.04. The number of rotatable bonds is 5. The maximum atomic E-state index is 12.6. The first kappa shape index (κ1) is 18.7. The topological polar surface area (TPSA) is 67.0 Å². The van der Waals surface area contributed by atoms with Gasteiger partial charge in [-0.15, -0.1) is 0 Å². The van der Waals surface area contributed by atoms with Gasteiger partial charge in [0, 0.05) is 5.56 Å². The van der Waals surface area contributed by atoms with Crippen LogP contribution in [0.3, 0.4) is 0 Å². The van der Waals surface area contributed by atoms with Crippen molar-refractivity contribution < 1.29 is 9.53 Å². The zero-order valence-corrected chi connectivity index (χ0v) is 16.7. The zero-order valence-electron chi connectivity index (χ0n) is 16.7. The molecule has 0 fully saturated rings. The van der Waals surface area contributed by atoms with E-state index in [1.807, 2.05) is 69.3 Å². The highest BCUT2D eigenvalue weighted by Gasteiger charge is 2.13. The van der Waals surface area contributed by atoms with Gasteiger partial charge in [0.2, 0.25) is 0 Å². The minimum absolute atomic E-state index is 0.0563. The lowest BCUT2D eigenvalue weighted by Gasteiger charge is -2.14. The van der Waals surface area contributed by atoms with Gasteiger partial charge in [-0.1, -0.05) is 42.0 Å². The van der Waals surface area contributed by atoms with Crippen molar-refractivity contribution in [1.29, 1.82) is 0 Å². The number of aromatic amines is 1. The SMILES string of the molecule is Cc1cc(C)c(OCC(=O)Nc2ccccc2-c2nc3ccccc3[nH]2)c(C)c1. The highest BCUT2D eigenvalue weighted by Crippen LogP contribution is 2.28. The second kappa shape index (κ2) is 7.80. The summed E-state index contributed by atoms with van der Waals surface area (Å²) in [5.74, 6) is 1.26. The number of amides is 1. The fourth-order valence-corrected chi connectivity index (χ4v) is 3.60. The number of nitrogens with zero attached hydrogens (tertiary/aromatic N) is 1. The van der Waals surface area contributed by atoms with Crippen molar-refractivity contribution >= 4 is 22.6 Å². The Morgan fingerprint density at radius 1 is 1.00 bits per heavy atom. The molecule has 1 amide bonds. The lowest BCUT2D eigenvalue weighted by molar-refractivity contribution is -0.118. The lowest BCUT2D eigenvalue weighted by Crippen LogP contribution is -2.21. The molecule has 2 N–H and O–H groups in total. The van der Waals surface area contributed by atoms with Gasteiger partial charge in [0.25, 0.3) is 5.91 Å². The zero-order chi connectivity index (χ0) is 20.4. The summed E-state index contributed by atoms with van der Waals surface area (Å²) in [4.78, 5) is 20.5. The van der Waals surface area contributed by atoms with Gasteiger partial charge in [-0.05, 0) is 56.2 Å². The average molecular weight is 385 g/mol. The molecule has 1 heterocycles. The van der Waals surface area contributed by atoms with Crippen LogP contribution in [0.25, 0.3) is 22.4 Å². The number of carbonyl (C=O) groups is 1. The molecular formula is C24H23N3O2. The molecule has 0 aliphatic rings. The molecular weight excluding hydrogens is 362 g/mol. The molecule has 0 radical (unpaired) electrons. The van der Waals surface area contributed by atoms with Gasteiger partial charge >= 0.3 is 0 Å². The van der Waals surface area contributed by atoms with Crippen molar-refractivity contribution in [2.24, 2.45) is 0 Å². The number of benzene rings is 3. The predicted octanol–water partition coefficient (Wildman–Crippen LogP) is 5.17. The number of H-pyrrole nitrogens is 1. The number of ether oxygens (including phenoxy) is 1. The van der Waals surface area contributed by atoms with Crippen LogP contribution in [0.5, 0.6) is 5.75 Å². The molecule has 0 spiro atoms. The van der Waals surface area contributed by atoms with Crippen LogP contribution in [0.4, 0.5) is 5.69 Å². The highest BCUT2D eigenvalue weighted by molar-refractivity contribution is 5.96. The number of aromatic nitrogens is 2. The van der Waals surface area contributed by atoms with Gasteiger partial charge in [-0.25, -0.2) is 4.98 Å². The third kappa shape index (κ3) is 3.99. The highest BCUT2D eigenvalue weighted by atomic mass is 16.5. The van der Waals surface area contributed by atoms with Crippen molar-refractivity contribution in [1.82, 2.24) is 9.97 Å². The van der Waals surface area contributed by atoms with Crippen LogP contribution >= 0.6 is 0 Å². The quantitative estimate of drug-likeness (QED) is 0.498.